The zero-order valence-electron chi connectivity index (χ0n) is 9.75. The van der Waals surface area contributed by atoms with E-state index in [1.54, 1.807) is 24.1 Å². The molecule has 100 valence electrons. The first kappa shape index (κ1) is 13.0. The van der Waals surface area contributed by atoms with Gasteiger partial charge in [0.15, 0.2) is 10.7 Å². The number of carbonyl (C=O) groups excluding carboxylic acids is 1. The molecule has 0 saturated heterocycles. The van der Waals surface area contributed by atoms with Crippen LogP contribution in [0.2, 0.25) is 5.02 Å². The van der Waals surface area contributed by atoms with Gasteiger partial charge in [-0.15, -0.1) is 5.10 Å². The molecule has 0 spiro atoms. The Balaban J connectivity index is 2.06. The molecule has 0 saturated carbocycles. The Labute approximate surface area is 111 Å². The molecule has 0 bridgehead atoms. The van der Waals surface area contributed by atoms with E-state index in [1.807, 2.05) is 0 Å². The quantitative estimate of drug-likeness (QED) is 0.630. The number of amides is 1. The van der Waals surface area contributed by atoms with E-state index in [9.17, 15) is 14.9 Å². The molecule has 0 atom stereocenters. The number of aromatic nitrogens is 4. The van der Waals surface area contributed by atoms with E-state index in [2.05, 4.69) is 20.6 Å². The Kier molecular flexibility index (Phi) is 3.47. The summed E-state index contributed by atoms with van der Waals surface area (Å²) in [5.41, 5.74) is 0.578. The Hall–Kier alpha value is -2.42. The summed E-state index contributed by atoms with van der Waals surface area (Å²) in [6, 6.07) is 0. The van der Waals surface area contributed by atoms with Gasteiger partial charge in [-0.25, -0.2) is 0 Å². The lowest BCUT2D eigenvalue weighted by Gasteiger charge is -1.99. The molecule has 2 aromatic heterocycles. The van der Waals surface area contributed by atoms with Crippen molar-refractivity contribution < 1.29 is 9.72 Å². The second kappa shape index (κ2) is 5.06. The molecule has 0 aliphatic heterocycles. The fourth-order valence-electron chi connectivity index (χ4n) is 1.42. The van der Waals surface area contributed by atoms with Crippen LogP contribution in [0.3, 0.4) is 0 Å². The van der Waals surface area contributed by atoms with Gasteiger partial charge in [-0.05, 0) is 4.92 Å². The highest BCUT2D eigenvalue weighted by Gasteiger charge is 2.24. The first-order valence-electron chi connectivity index (χ1n) is 5.13. The van der Waals surface area contributed by atoms with Crippen molar-refractivity contribution >= 4 is 23.3 Å². The summed E-state index contributed by atoms with van der Waals surface area (Å²) in [5.74, 6) is -1.11. The Bertz CT molecular complexity index is 634. The molecule has 10 heteroatoms. The van der Waals surface area contributed by atoms with Gasteiger partial charge in [-0.2, -0.15) is 5.10 Å². The predicted octanol–water partition coefficient (Wildman–Crippen LogP) is 0.635. The number of carbonyl (C=O) groups is 1. The summed E-state index contributed by atoms with van der Waals surface area (Å²) in [6.07, 6.45) is 3.32. The number of nitrogens with one attached hydrogen (secondary N) is 2. The van der Waals surface area contributed by atoms with Gasteiger partial charge in [0.2, 0.25) is 0 Å². The summed E-state index contributed by atoms with van der Waals surface area (Å²) in [5, 5.41) is 22.3. The van der Waals surface area contributed by atoms with Gasteiger partial charge in [-0.3, -0.25) is 9.48 Å². The number of aryl methyl sites for hydroxylation is 1. The van der Waals surface area contributed by atoms with Gasteiger partial charge in [0, 0.05) is 25.4 Å². The van der Waals surface area contributed by atoms with Gasteiger partial charge in [0.25, 0.3) is 5.91 Å². The van der Waals surface area contributed by atoms with Crippen LogP contribution in [0.4, 0.5) is 5.82 Å². The third-order valence-electron chi connectivity index (χ3n) is 2.30. The van der Waals surface area contributed by atoms with E-state index in [4.69, 9.17) is 11.6 Å². The van der Waals surface area contributed by atoms with E-state index < -0.39 is 16.6 Å². The zero-order valence-corrected chi connectivity index (χ0v) is 10.5. The summed E-state index contributed by atoms with van der Waals surface area (Å²) >= 11 is 5.69. The maximum absolute atomic E-state index is 11.8. The van der Waals surface area contributed by atoms with Gasteiger partial charge < -0.3 is 15.4 Å². The lowest BCUT2D eigenvalue weighted by atomic mass is 10.3. The minimum atomic E-state index is -0.743. The van der Waals surface area contributed by atoms with E-state index in [0.29, 0.717) is 0 Å². The summed E-state index contributed by atoms with van der Waals surface area (Å²) in [4.78, 5) is 21.6. The third kappa shape index (κ3) is 2.71. The molecule has 0 fully saturated rings. The monoisotopic (exact) mass is 284 g/mol. The summed E-state index contributed by atoms with van der Waals surface area (Å²) < 4.78 is 1.59. The Morgan fingerprint density at radius 2 is 2.42 bits per heavy atom. The van der Waals surface area contributed by atoms with Crippen LogP contribution >= 0.6 is 11.6 Å². The van der Waals surface area contributed by atoms with E-state index in [0.717, 1.165) is 5.56 Å². The molecule has 2 aromatic rings. The van der Waals surface area contributed by atoms with Crippen molar-refractivity contribution in [1.29, 1.82) is 0 Å². The van der Waals surface area contributed by atoms with E-state index in [-0.39, 0.29) is 17.3 Å². The van der Waals surface area contributed by atoms with Gasteiger partial charge in [-0.1, -0.05) is 16.7 Å². The minimum Gasteiger partial charge on any atom is -0.358 e. The third-order valence-corrected chi connectivity index (χ3v) is 2.66. The van der Waals surface area contributed by atoms with Crippen LogP contribution in [0.15, 0.2) is 12.4 Å². The molecule has 0 aromatic carbocycles. The van der Waals surface area contributed by atoms with E-state index in [1.165, 1.54) is 0 Å². The van der Waals surface area contributed by atoms with Crippen LogP contribution in [-0.4, -0.2) is 30.8 Å². The molecule has 2 N–H and O–H groups in total. The average Bonchev–Trinajstić information content (AvgIpc) is 2.92. The lowest BCUT2D eigenvalue weighted by Crippen LogP contribution is -2.23. The van der Waals surface area contributed by atoms with Crippen molar-refractivity contribution in [2.75, 3.05) is 0 Å². The van der Waals surface area contributed by atoms with Crippen LogP contribution in [0.25, 0.3) is 0 Å². The molecule has 9 nitrogen and oxygen atoms in total. The Morgan fingerprint density at radius 3 is 2.95 bits per heavy atom. The van der Waals surface area contributed by atoms with Gasteiger partial charge in [0.1, 0.15) is 0 Å². The van der Waals surface area contributed by atoms with Crippen molar-refractivity contribution in [3.05, 3.63) is 38.8 Å². The van der Waals surface area contributed by atoms with Crippen molar-refractivity contribution in [1.82, 2.24) is 25.3 Å². The van der Waals surface area contributed by atoms with Crippen LogP contribution in [0.1, 0.15) is 16.1 Å². The molecule has 1 amide bonds. The number of aromatic amines is 1. The van der Waals surface area contributed by atoms with Crippen LogP contribution in [0, 0.1) is 10.1 Å². The van der Waals surface area contributed by atoms with E-state index >= 15 is 0 Å². The smallest absolute Gasteiger partial charge is 0.358 e. The van der Waals surface area contributed by atoms with Crippen molar-refractivity contribution in [2.45, 2.75) is 6.54 Å². The molecular weight excluding hydrogens is 276 g/mol. The van der Waals surface area contributed by atoms with Crippen LogP contribution in [0.5, 0.6) is 0 Å². The molecule has 0 radical (unpaired) electrons. The first-order chi connectivity index (χ1) is 8.99. The standard InChI is InChI=1S/C9H9ClN6O3/c1-15-4-5(3-12-15)2-11-9(17)7-6(10)8(14-13-7)16(18)19/h3-4H,2H2,1H3,(H,11,17)(H,13,14). The number of nitro groups is 1. The van der Waals surface area contributed by atoms with Crippen molar-refractivity contribution in [3.8, 4) is 0 Å². The van der Waals surface area contributed by atoms with Crippen molar-refractivity contribution in [2.24, 2.45) is 7.05 Å². The summed E-state index contributed by atoms with van der Waals surface area (Å²) in [6.45, 7) is 0.226. The minimum absolute atomic E-state index is 0.211. The number of halogens is 1. The largest absolute Gasteiger partial charge is 0.362 e. The van der Waals surface area contributed by atoms with Crippen LogP contribution in [-0.2, 0) is 13.6 Å². The predicted molar refractivity (Wildman–Crippen MR) is 64.6 cm³/mol. The van der Waals surface area contributed by atoms with Crippen LogP contribution < -0.4 is 5.32 Å². The zero-order chi connectivity index (χ0) is 14.0. The average molecular weight is 285 g/mol. The number of hydrogen-bond acceptors (Lipinski definition) is 5. The summed E-state index contributed by atoms with van der Waals surface area (Å²) in [7, 11) is 1.75. The molecule has 0 unspecified atom stereocenters. The topological polar surface area (TPSA) is 119 Å². The molecular formula is C9H9ClN6O3. The fourth-order valence-corrected chi connectivity index (χ4v) is 1.66. The second-order valence-corrected chi connectivity index (χ2v) is 4.07. The molecule has 2 heterocycles. The number of H-pyrrole nitrogens is 1. The maximum atomic E-state index is 11.8. The number of nitrogens with zero attached hydrogens (tertiary/aromatic N) is 4. The second-order valence-electron chi connectivity index (χ2n) is 3.70. The number of hydrogen-bond donors (Lipinski definition) is 2. The van der Waals surface area contributed by atoms with Gasteiger partial charge >= 0.3 is 5.82 Å². The SMILES string of the molecule is Cn1cc(CNC(=O)c2n[nH]c([N+](=O)[O-])c2Cl)cn1. The Morgan fingerprint density at radius 1 is 1.68 bits per heavy atom. The molecule has 2 rings (SSSR count). The fraction of sp³-hybridized carbons (Fsp3) is 0.222. The van der Waals surface area contributed by atoms with Crippen molar-refractivity contribution in [3.63, 3.8) is 0 Å². The van der Waals surface area contributed by atoms with Gasteiger partial charge in [0.05, 0.1) is 6.20 Å². The number of rotatable bonds is 4. The molecule has 0 aliphatic rings. The maximum Gasteiger partial charge on any atom is 0.362 e. The highest BCUT2D eigenvalue weighted by atomic mass is 35.5. The molecule has 19 heavy (non-hydrogen) atoms. The molecule has 0 aliphatic carbocycles. The first-order valence-corrected chi connectivity index (χ1v) is 5.51. The highest BCUT2D eigenvalue weighted by Crippen LogP contribution is 2.24. The highest BCUT2D eigenvalue weighted by molar-refractivity contribution is 6.35. The lowest BCUT2D eigenvalue weighted by molar-refractivity contribution is -0.389. The normalized spacial score (nSPS) is 10.4.